The molecule has 0 amide bonds. The molecule has 82 valence electrons. The normalized spacial score (nSPS) is 13.7. The molecule has 5 nitrogen and oxygen atoms in total. The van der Waals surface area contributed by atoms with Crippen molar-refractivity contribution < 1.29 is 9.53 Å². The first-order valence-electron chi connectivity index (χ1n) is 4.64. The Morgan fingerprint density at radius 3 is 2.13 bits per heavy atom. The Morgan fingerprint density at radius 2 is 1.80 bits per heavy atom. The highest BCUT2D eigenvalue weighted by molar-refractivity contribution is 5.72. The predicted octanol–water partition coefficient (Wildman–Crippen LogP) is 0.533. The van der Waals surface area contributed by atoms with E-state index in [2.05, 4.69) is 4.74 Å². The molecule has 2 atom stereocenters. The van der Waals surface area contributed by atoms with Crippen LogP contribution in [-0.4, -0.2) is 37.1 Å². The summed E-state index contributed by atoms with van der Waals surface area (Å²) in [6.07, 6.45) is 0. The Morgan fingerprint density at radius 1 is 1.33 bits per heavy atom. The van der Waals surface area contributed by atoms with Crippen molar-refractivity contribution in [1.82, 2.24) is 4.90 Å². The fourth-order valence-electron chi connectivity index (χ4n) is 1.22. The maximum Gasteiger partial charge on any atom is 0.309 e. The van der Waals surface area contributed by atoms with Crippen molar-refractivity contribution in [2.75, 3.05) is 20.2 Å². The lowest BCUT2D eigenvalue weighted by atomic mass is 10.0. The molecule has 0 saturated carbocycles. The lowest BCUT2D eigenvalue weighted by molar-refractivity contribution is -0.146. The van der Waals surface area contributed by atoms with Gasteiger partial charge in [-0.05, 0) is 6.92 Å². The first kappa shape index (κ1) is 13.4. The van der Waals surface area contributed by atoms with E-state index < -0.39 is 0 Å². The third-order valence-corrected chi connectivity index (χ3v) is 2.42. The zero-order valence-corrected chi connectivity index (χ0v) is 9.23. The number of rotatable bonds is 5. The topological polar surface area (TPSA) is 77.1 Å². The van der Waals surface area contributed by atoms with Crippen LogP contribution in [0, 0.1) is 28.6 Å². The van der Waals surface area contributed by atoms with Crippen molar-refractivity contribution in [2.24, 2.45) is 5.92 Å². The van der Waals surface area contributed by atoms with Crippen LogP contribution < -0.4 is 0 Å². The SMILES string of the molecule is COC(=O)C(C)C(C)N(CC#N)CC#N. The highest BCUT2D eigenvalue weighted by Gasteiger charge is 2.25. The van der Waals surface area contributed by atoms with E-state index in [1.54, 1.807) is 18.7 Å². The van der Waals surface area contributed by atoms with Crippen molar-refractivity contribution in [3.05, 3.63) is 0 Å². The Balaban J connectivity index is 4.49. The van der Waals surface area contributed by atoms with Gasteiger partial charge in [-0.15, -0.1) is 0 Å². The molecule has 5 heteroatoms. The number of carbonyl (C=O) groups is 1. The summed E-state index contributed by atoms with van der Waals surface area (Å²) < 4.78 is 4.61. The van der Waals surface area contributed by atoms with Crippen molar-refractivity contribution in [3.8, 4) is 12.1 Å². The van der Waals surface area contributed by atoms with Gasteiger partial charge in [-0.3, -0.25) is 9.69 Å². The van der Waals surface area contributed by atoms with Crippen LogP contribution in [0.2, 0.25) is 0 Å². The molecule has 0 aliphatic heterocycles. The number of nitrogens with zero attached hydrogens (tertiary/aromatic N) is 3. The van der Waals surface area contributed by atoms with Gasteiger partial charge in [-0.1, -0.05) is 6.92 Å². The maximum atomic E-state index is 11.3. The molecule has 15 heavy (non-hydrogen) atoms. The number of esters is 1. The third-order valence-electron chi connectivity index (χ3n) is 2.42. The summed E-state index contributed by atoms with van der Waals surface area (Å²) >= 11 is 0. The van der Waals surface area contributed by atoms with Crippen LogP contribution in [0.25, 0.3) is 0 Å². The van der Waals surface area contributed by atoms with Gasteiger partial charge in [0.25, 0.3) is 0 Å². The highest BCUT2D eigenvalue weighted by Crippen LogP contribution is 2.11. The summed E-state index contributed by atoms with van der Waals surface area (Å²) in [5.41, 5.74) is 0. The van der Waals surface area contributed by atoms with E-state index in [4.69, 9.17) is 10.5 Å². The molecular weight excluding hydrogens is 194 g/mol. The van der Waals surface area contributed by atoms with Gasteiger partial charge in [-0.2, -0.15) is 10.5 Å². The van der Waals surface area contributed by atoms with Crippen molar-refractivity contribution in [1.29, 1.82) is 10.5 Å². The van der Waals surface area contributed by atoms with Gasteiger partial charge in [-0.25, -0.2) is 0 Å². The summed E-state index contributed by atoms with van der Waals surface area (Å²) in [5, 5.41) is 17.1. The molecule has 0 radical (unpaired) electrons. The Kier molecular flexibility index (Phi) is 6.08. The fraction of sp³-hybridized carbons (Fsp3) is 0.700. The average molecular weight is 209 g/mol. The zero-order chi connectivity index (χ0) is 11.8. The number of hydrogen-bond acceptors (Lipinski definition) is 5. The largest absolute Gasteiger partial charge is 0.469 e. The molecule has 0 saturated heterocycles. The van der Waals surface area contributed by atoms with Crippen molar-refractivity contribution in [2.45, 2.75) is 19.9 Å². The minimum atomic E-state index is -0.350. The van der Waals surface area contributed by atoms with Crippen LogP contribution in [0.3, 0.4) is 0 Å². The van der Waals surface area contributed by atoms with Crippen LogP contribution in [0.1, 0.15) is 13.8 Å². The van der Waals surface area contributed by atoms with E-state index in [9.17, 15) is 4.79 Å². The van der Waals surface area contributed by atoms with Crippen molar-refractivity contribution >= 4 is 5.97 Å². The van der Waals surface area contributed by atoms with E-state index in [1.807, 2.05) is 12.1 Å². The van der Waals surface area contributed by atoms with Gasteiger partial charge in [0.1, 0.15) is 0 Å². The van der Waals surface area contributed by atoms with Crippen LogP contribution in [0.4, 0.5) is 0 Å². The second-order valence-corrected chi connectivity index (χ2v) is 3.27. The smallest absolute Gasteiger partial charge is 0.309 e. The highest BCUT2D eigenvalue weighted by atomic mass is 16.5. The molecule has 0 aromatic rings. The molecular formula is C10H15N3O2. The van der Waals surface area contributed by atoms with E-state index in [-0.39, 0.29) is 31.0 Å². The summed E-state index contributed by atoms with van der Waals surface area (Å²) in [7, 11) is 1.32. The van der Waals surface area contributed by atoms with Crippen molar-refractivity contribution in [3.63, 3.8) is 0 Å². The first-order valence-corrected chi connectivity index (χ1v) is 4.64. The van der Waals surface area contributed by atoms with E-state index >= 15 is 0 Å². The van der Waals surface area contributed by atoms with Gasteiger partial charge >= 0.3 is 5.97 Å². The Hall–Kier alpha value is -1.59. The van der Waals surface area contributed by atoms with E-state index in [0.29, 0.717) is 0 Å². The van der Waals surface area contributed by atoms with Gasteiger partial charge in [0.05, 0.1) is 38.3 Å². The quantitative estimate of drug-likeness (QED) is 0.487. The standard InChI is InChI=1S/C10H15N3O2/c1-8(10(14)15-3)9(2)13(6-4-11)7-5-12/h8-9H,6-7H2,1-3H3. The minimum absolute atomic E-state index is 0.135. The number of carbonyl (C=O) groups excluding carboxylic acids is 1. The number of ether oxygens (including phenoxy) is 1. The predicted molar refractivity (Wildman–Crippen MR) is 53.4 cm³/mol. The summed E-state index contributed by atoms with van der Waals surface area (Å²) in [6, 6.07) is 3.75. The third kappa shape index (κ3) is 3.97. The van der Waals surface area contributed by atoms with Gasteiger partial charge in [0, 0.05) is 6.04 Å². The Bertz CT molecular complexity index is 274. The number of hydrogen-bond donors (Lipinski definition) is 0. The monoisotopic (exact) mass is 209 g/mol. The summed E-state index contributed by atoms with van der Waals surface area (Å²) in [6.45, 7) is 3.79. The average Bonchev–Trinajstić information content (AvgIpc) is 2.25. The molecule has 0 spiro atoms. The van der Waals surface area contributed by atoms with E-state index in [1.165, 1.54) is 7.11 Å². The van der Waals surface area contributed by atoms with Crippen LogP contribution in [0.5, 0.6) is 0 Å². The minimum Gasteiger partial charge on any atom is -0.469 e. The van der Waals surface area contributed by atoms with Gasteiger partial charge in [0.2, 0.25) is 0 Å². The molecule has 0 N–H and O–H groups in total. The van der Waals surface area contributed by atoms with Crippen LogP contribution >= 0.6 is 0 Å². The molecule has 0 aromatic heterocycles. The lowest BCUT2D eigenvalue weighted by Gasteiger charge is -2.27. The molecule has 0 bridgehead atoms. The molecule has 0 aliphatic carbocycles. The molecule has 0 aromatic carbocycles. The molecule has 2 unspecified atom stereocenters. The number of nitriles is 2. The second-order valence-electron chi connectivity index (χ2n) is 3.27. The molecule has 0 fully saturated rings. The molecule has 0 aliphatic rings. The summed E-state index contributed by atoms with van der Waals surface area (Å²) in [5.74, 6) is -0.680. The lowest BCUT2D eigenvalue weighted by Crippen LogP contribution is -2.41. The van der Waals surface area contributed by atoms with Crippen LogP contribution in [0.15, 0.2) is 0 Å². The second kappa shape index (κ2) is 6.80. The zero-order valence-electron chi connectivity index (χ0n) is 9.23. The van der Waals surface area contributed by atoms with Crippen LogP contribution in [-0.2, 0) is 9.53 Å². The Labute approximate surface area is 89.8 Å². The fourth-order valence-corrected chi connectivity index (χ4v) is 1.22. The first-order chi connectivity index (χ1) is 7.08. The summed E-state index contributed by atoms with van der Waals surface area (Å²) in [4.78, 5) is 12.9. The van der Waals surface area contributed by atoms with Gasteiger partial charge < -0.3 is 4.74 Å². The molecule has 0 rings (SSSR count). The maximum absolute atomic E-state index is 11.3. The number of methoxy groups -OCH3 is 1. The van der Waals surface area contributed by atoms with Gasteiger partial charge in [0.15, 0.2) is 0 Å². The molecule has 0 heterocycles. The van der Waals surface area contributed by atoms with E-state index in [0.717, 1.165) is 0 Å².